The van der Waals surface area contributed by atoms with Crippen LogP contribution in [0.15, 0.2) is 77.0 Å². The number of halogens is 2. The molecule has 0 fully saturated rings. The van der Waals surface area contributed by atoms with Crippen LogP contribution in [0.2, 0.25) is 0 Å². The fraction of sp³-hybridized carbons (Fsp3) is 0.200. The van der Waals surface area contributed by atoms with Crippen molar-refractivity contribution < 1.29 is 28.7 Å². The van der Waals surface area contributed by atoms with Crippen LogP contribution in [0, 0.1) is 17.3 Å². The maximum Gasteiger partial charge on any atom is 0.338 e. The summed E-state index contributed by atoms with van der Waals surface area (Å²) in [5.41, 5.74) is 5.56. The van der Waals surface area contributed by atoms with Crippen molar-refractivity contribution in [1.82, 2.24) is 16.1 Å². The molecule has 1 atom stereocenters. The normalized spacial score (nSPS) is 14.4. The Bertz CT molecular complexity index is 1660. The summed E-state index contributed by atoms with van der Waals surface area (Å²) in [7, 11) is 0. The quantitative estimate of drug-likeness (QED) is 0.0549. The van der Waals surface area contributed by atoms with Crippen LogP contribution in [0.5, 0.6) is 11.5 Å². The van der Waals surface area contributed by atoms with Gasteiger partial charge in [0.1, 0.15) is 18.1 Å². The van der Waals surface area contributed by atoms with Crippen molar-refractivity contribution in [1.29, 1.82) is 0 Å². The summed E-state index contributed by atoms with van der Waals surface area (Å²) in [4.78, 5) is 35.7. The molecule has 0 saturated carbocycles. The number of benzene rings is 3. The van der Waals surface area contributed by atoms with Gasteiger partial charge in [0.25, 0.3) is 11.6 Å². The number of para-hydroxylation sites is 1. The number of amides is 1. The average molecular weight is 855 g/mol. The van der Waals surface area contributed by atoms with Crippen LogP contribution in [0.1, 0.15) is 36.6 Å². The van der Waals surface area contributed by atoms with Crippen molar-refractivity contribution in [3.05, 3.63) is 106 Å². The van der Waals surface area contributed by atoms with Gasteiger partial charge in [-0.2, -0.15) is 5.10 Å². The van der Waals surface area contributed by atoms with E-state index in [0.29, 0.717) is 33.4 Å². The minimum Gasteiger partial charge on any atom is -0.487 e. The van der Waals surface area contributed by atoms with E-state index in [0.717, 1.165) is 18.3 Å². The summed E-state index contributed by atoms with van der Waals surface area (Å²) in [6.07, 6.45) is 1.51. The van der Waals surface area contributed by atoms with Gasteiger partial charge in [0.2, 0.25) is 0 Å². The van der Waals surface area contributed by atoms with Crippen molar-refractivity contribution in [2.24, 2.45) is 5.10 Å². The first kappa shape index (κ1) is 34.0. The molecule has 0 unspecified atom stereocenters. The summed E-state index contributed by atoms with van der Waals surface area (Å²) in [6, 6.07) is 16.3. The van der Waals surface area contributed by atoms with Crippen molar-refractivity contribution >= 4 is 86.3 Å². The molecule has 3 aromatic carbocycles. The summed E-state index contributed by atoms with van der Waals surface area (Å²) >= 11 is 9.61. The minimum absolute atomic E-state index is 0.0202. The molecule has 0 saturated heterocycles. The third-order valence-electron chi connectivity index (χ3n) is 6.31. The lowest BCUT2D eigenvalue weighted by Gasteiger charge is -2.30. The SMILES string of the molecule is CCOC(=O)C1=C(C)NC(=S)N[C@@H]1c1ccccc1OCC(=O)NN=Cc1cc(I)c(OCc2ccc([N+](=O)[O-])cc2)c(I)c1. The lowest BCUT2D eigenvalue weighted by molar-refractivity contribution is -0.384. The summed E-state index contributed by atoms with van der Waals surface area (Å²) < 4.78 is 18.7. The molecular formula is C30H27I2N5O7S. The van der Waals surface area contributed by atoms with E-state index < -0.39 is 22.8 Å². The molecule has 3 aromatic rings. The zero-order chi connectivity index (χ0) is 32.5. The van der Waals surface area contributed by atoms with Crippen LogP contribution in [0.3, 0.4) is 0 Å². The Hall–Kier alpha value is -3.84. The largest absolute Gasteiger partial charge is 0.487 e. The fourth-order valence-corrected chi connectivity index (χ4v) is 6.67. The van der Waals surface area contributed by atoms with Gasteiger partial charge in [-0.05, 0) is 113 Å². The molecule has 0 aromatic heterocycles. The Balaban J connectivity index is 1.36. The van der Waals surface area contributed by atoms with Gasteiger partial charge < -0.3 is 24.8 Å². The standard InChI is InChI=1S/C30H27I2N5O7S/c1-3-42-29(39)26-17(2)34-30(45)35-27(26)21-6-4-5-7-24(21)43-16-25(38)36-33-14-19-12-22(31)28(23(32)13-19)44-15-18-8-10-20(11-9-18)37(40)41/h4-14,27H,3,15-16H2,1-2H3,(H,36,38)(H2,34,35,45)/t27-/m1/s1. The molecule has 3 N–H and O–H groups in total. The zero-order valence-corrected chi connectivity index (χ0v) is 29.1. The van der Waals surface area contributed by atoms with Crippen molar-refractivity contribution in [2.75, 3.05) is 13.2 Å². The number of carbonyl (C=O) groups excluding carboxylic acids is 2. The van der Waals surface area contributed by atoms with Crippen LogP contribution in [-0.2, 0) is 20.9 Å². The Labute approximate surface area is 291 Å². The van der Waals surface area contributed by atoms with E-state index in [-0.39, 0.29) is 25.5 Å². The number of nitro benzene ring substituents is 1. The highest BCUT2D eigenvalue weighted by molar-refractivity contribution is 14.1. The number of nitrogens with zero attached hydrogens (tertiary/aromatic N) is 2. The molecule has 234 valence electrons. The molecule has 15 heteroatoms. The molecule has 1 aliphatic heterocycles. The Morgan fingerprint density at radius 3 is 2.47 bits per heavy atom. The van der Waals surface area contributed by atoms with E-state index in [4.69, 9.17) is 26.4 Å². The Morgan fingerprint density at radius 1 is 1.11 bits per heavy atom. The molecule has 45 heavy (non-hydrogen) atoms. The molecule has 1 aliphatic rings. The van der Waals surface area contributed by atoms with Gasteiger partial charge in [-0.25, -0.2) is 10.2 Å². The van der Waals surface area contributed by atoms with Crippen molar-refractivity contribution in [2.45, 2.75) is 26.5 Å². The van der Waals surface area contributed by atoms with Gasteiger partial charge in [0.05, 0.1) is 36.5 Å². The van der Waals surface area contributed by atoms with Gasteiger partial charge in [-0.15, -0.1) is 0 Å². The number of nitro groups is 1. The van der Waals surface area contributed by atoms with E-state index in [1.165, 1.54) is 18.3 Å². The third-order valence-corrected chi connectivity index (χ3v) is 8.13. The monoisotopic (exact) mass is 855 g/mol. The highest BCUT2D eigenvalue weighted by Crippen LogP contribution is 2.34. The number of rotatable bonds is 12. The van der Waals surface area contributed by atoms with Crippen molar-refractivity contribution in [3.8, 4) is 11.5 Å². The van der Waals surface area contributed by atoms with E-state index >= 15 is 0 Å². The summed E-state index contributed by atoms with van der Waals surface area (Å²) in [5, 5.41) is 21.3. The molecular weight excluding hydrogens is 828 g/mol. The third kappa shape index (κ3) is 9.10. The number of nitrogens with one attached hydrogen (secondary N) is 3. The molecule has 4 rings (SSSR count). The smallest absolute Gasteiger partial charge is 0.338 e. The molecule has 1 heterocycles. The number of thiocarbonyl (C=S) groups is 1. The number of esters is 1. The van der Waals surface area contributed by atoms with Crippen LogP contribution in [-0.4, -0.2) is 41.3 Å². The number of hydrogen-bond acceptors (Lipinski definition) is 9. The lowest BCUT2D eigenvalue weighted by atomic mass is 9.95. The van der Waals surface area contributed by atoms with Crippen LogP contribution in [0.25, 0.3) is 0 Å². The van der Waals surface area contributed by atoms with Crippen LogP contribution < -0.4 is 25.5 Å². The van der Waals surface area contributed by atoms with Gasteiger partial charge in [0.15, 0.2) is 11.7 Å². The second-order valence-electron chi connectivity index (χ2n) is 9.44. The number of allylic oxidation sites excluding steroid dienone is 1. The molecule has 0 bridgehead atoms. The van der Waals surface area contributed by atoms with Crippen molar-refractivity contribution in [3.63, 3.8) is 0 Å². The first-order valence-electron chi connectivity index (χ1n) is 13.4. The second kappa shape index (κ2) is 15.9. The topological polar surface area (TPSA) is 153 Å². The second-order valence-corrected chi connectivity index (χ2v) is 12.2. The number of non-ortho nitro benzene ring substituents is 1. The van der Waals surface area contributed by atoms with Gasteiger partial charge >= 0.3 is 5.97 Å². The van der Waals surface area contributed by atoms with Crippen LogP contribution in [0.4, 0.5) is 5.69 Å². The van der Waals surface area contributed by atoms with E-state index in [1.807, 2.05) is 12.1 Å². The predicted molar refractivity (Wildman–Crippen MR) is 188 cm³/mol. The van der Waals surface area contributed by atoms with Gasteiger partial charge in [-0.1, -0.05) is 18.2 Å². The summed E-state index contributed by atoms with van der Waals surface area (Å²) in [6.45, 7) is 3.61. The number of hydrogen-bond donors (Lipinski definition) is 3. The predicted octanol–water partition coefficient (Wildman–Crippen LogP) is 5.27. The lowest BCUT2D eigenvalue weighted by Crippen LogP contribution is -2.45. The van der Waals surface area contributed by atoms with Gasteiger partial charge in [-0.3, -0.25) is 14.9 Å². The Kier molecular flexibility index (Phi) is 12.1. The number of hydrazone groups is 1. The number of ether oxygens (including phenoxy) is 3. The molecule has 0 spiro atoms. The molecule has 12 nitrogen and oxygen atoms in total. The first-order valence-corrected chi connectivity index (χ1v) is 16.0. The highest BCUT2D eigenvalue weighted by Gasteiger charge is 2.32. The molecule has 1 amide bonds. The minimum atomic E-state index is -0.638. The summed E-state index contributed by atoms with van der Waals surface area (Å²) in [5.74, 6) is 0.0854. The maximum absolute atomic E-state index is 12.7. The highest BCUT2D eigenvalue weighted by atomic mass is 127. The van der Waals surface area contributed by atoms with E-state index in [2.05, 4.69) is 66.3 Å². The van der Waals surface area contributed by atoms with E-state index in [9.17, 15) is 19.7 Å². The van der Waals surface area contributed by atoms with E-state index in [1.54, 1.807) is 50.2 Å². The molecule has 0 aliphatic carbocycles. The fourth-order valence-electron chi connectivity index (χ4n) is 4.27. The van der Waals surface area contributed by atoms with Gasteiger partial charge in [0, 0.05) is 23.4 Å². The van der Waals surface area contributed by atoms with Crippen LogP contribution >= 0.6 is 57.4 Å². The molecule has 0 radical (unpaired) electrons. The Morgan fingerprint density at radius 2 is 1.80 bits per heavy atom. The average Bonchev–Trinajstić information content (AvgIpc) is 2.99. The first-order chi connectivity index (χ1) is 21.6. The number of carbonyl (C=O) groups is 2. The maximum atomic E-state index is 12.7. The zero-order valence-electron chi connectivity index (χ0n) is 24.0.